The average molecular weight is 300 g/mol. The number of carbonyl (C=O) groups excluding carboxylic acids is 2. The molecule has 20 heavy (non-hydrogen) atoms. The Morgan fingerprint density at radius 1 is 1.45 bits per heavy atom. The number of nitrogens with zero attached hydrogens (tertiary/aromatic N) is 1. The van der Waals surface area contributed by atoms with Crippen LogP contribution in [0.15, 0.2) is 10.2 Å². The zero-order valence-corrected chi connectivity index (χ0v) is 13.0. The van der Waals surface area contributed by atoms with Gasteiger partial charge in [0.15, 0.2) is 0 Å². The summed E-state index contributed by atoms with van der Waals surface area (Å²) >= 11 is 1.05. The van der Waals surface area contributed by atoms with Crippen molar-refractivity contribution in [2.75, 3.05) is 7.11 Å². The maximum atomic E-state index is 12.0. The number of carbonyl (C=O) groups is 2. The fourth-order valence-electron chi connectivity index (χ4n) is 1.81. The Bertz CT molecular complexity index is 533. The van der Waals surface area contributed by atoms with Gasteiger partial charge in [-0.2, -0.15) is 0 Å². The van der Waals surface area contributed by atoms with E-state index in [1.54, 1.807) is 12.3 Å². The van der Waals surface area contributed by atoms with Gasteiger partial charge in [0.1, 0.15) is 12.6 Å². The van der Waals surface area contributed by atoms with E-state index in [0.717, 1.165) is 17.0 Å². The van der Waals surface area contributed by atoms with Gasteiger partial charge in [-0.1, -0.05) is 25.2 Å². The van der Waals surface area contributed by atoms with E-state index in [2.05, 4.69) is 10.1 Å². The second-order valence-electron chi connectivity index (χ2n) is 5.00. The summed E-state index contributed by atoms with van der Waals surface area (Å²) in [6.45, 7) is 5.59. The number of ether oxygens (including phenoxy) is 1. The molecule has 0 saturated heterocycles. The molecule has 0 fully saturated rings. The van der Waals surface area contributed by atoms with Crippen molar-refractivity contribution in [1.82, 2.24) is 9.88 Å². The number of thiazole rings is 1. The largest absolute Gasteiger partial charge is 0.467 e. The van der Waals surface area contributed by atoms with Gasteiger partial charge in [0.25, 0.3) is 0 Å². The van der Waals surface area contributed by atoms with Crippen molar-refractivity contribution < 1.29 is 14.3 Å². The first kappa shape index (κ1) is 16.4. The molecule has 1 atom stereocenters. The number of amides is 1. The second kappa shape index (κ2) is 7.23. The molecular formula is C13H20N2O4S. The highest BCUT2D eigenvalue weighted by atomic mass is 32.1. The number of rotatable bonds is 6. The van der Waals surface area contributed by atoms with Crippen molar-refractivity contribution in [2.24, 2.45) is 5.92 Å². The van der Waals surface area contributed by atoms with Gasteiger partial charge in [-0.3, -0.25) is 14.2 Å². The van der Waals surface area contributed by atoms with Crippen LogP contribution in [0.5, 0.6) is 0 Å². The molecule has 1 rings (SSSR count). The Morgan fingerprint density at radius 3 is 2.55 bits per heavy atom. The lowest BCUT2D eigenvalue weighted by Gasteiger charge is -2.18. The summed E-state index contributed by atoms with van der Waals surface area (Å²) in [4.78, 5) is 34.9. The minimum atomic E-state index is -0.679. The van der Waals surface area contributed by atoms with Crippen LogP contribution >= 0.6 is 11.3 Å². The Hall–Kier alpha value is -1.63. The van der Waals surface area contributed by atoms with Gasteiger partial charge in [0.2, 0.25) is 5.91 Å². The molecule has 7 heteroatoms. The Kier molecular flexibility index (Phi) is 5.94. The Balaban J connectivity index is 2.71. The van der Waals surface area contributed by atoms with Crippen molar-refractivity contribution >= 4 is 23.2 Å². The molecule has 1 N–H and O–H groups in total. The van der Waals surface area contributed by atoms with E-state index in [-0.39, 0.29) is 23.2 Å². The van der Waals surface area contributed by atoms with Gasteiger partial charge in [-0.05, 0) is 19.3 Å². The molecule has 6 nitrogen and oxygen atoms in total. The van der Waals surface area contributed by atoms with Crippen LogP contribution in [0.1, 0.15) is 26.0 Å². The number of hydrogen-bond donors (Lipinski definition) is 1. The summed E-state index contributed by atoms with van der Waals surface area (Å²) in [5.41, 5.74) is 0.730. The SMILES string of the molecule is COC(=O)C(CC(C)C)NC(=O)Cn1c(C)csc1=O. The fraction of sp³-hybridized carbons (Fsp3) is 0.615. The number of aromatic nitrogens is 1. The molecule has 0 aliphatic heterocycles. The van der Waals surface area contributed by atoms with Crippen molar-refractivity contribution in [3.63, 3.8) is 0 Å². The molecule has 1 aromatic heterocycles. The molecule has 1 heterocycles. The topological polar surface area (TPSA) is 77.4 Å². The number of esters is 1. The minimum absolute atomic E-state index is 0.0836. The number of hydrogen-bond acceptors (Lipinski definition) is 5. The van der Waals surface area contributed by atoms with E-state index in [4.69, 9.17) is 0 Å². The lowest BCUT2D eigenvalue weighted by Crippen LogP contribution is -2.44. The Morgan fingerprint density at radius 2 is 2.10 bits per heavy atom. The van der Waals surface area contributed by atoms with Crippen LogP contribution in [0.25, 0.3) is 0 Å². The molecule has 0 spiro atoms. The molecule has 0 radical (unpaired) electrons. The Labute approximate surface area is 121 Å². The number of nitrogens with one attached hydrogen (secondary N) is 1. The van der Waals surface area contributed by atoms with Gasteiger partial charge < -0.3 is 10.1 Å². The first-order valence-electron chi connectivity index (χ1n) is 6.37. The van der Waals surface area contributed by atoms with Gasteiger partial charge in [-0.25, -0.2) is 4.79 Å². The number of aryl methyl sites for hydroxylation is 1. The molecule has 1 unspecified atom stereocenters. The third-order valence-corrected chi connectivity index (χ3v) is 3.69. The summed E-state index contributed by atoms with van der Waals surface area (Å²) in [6, 6.07) is -0.679. The molecule has 0 aliphatic carbocycles. The highest BCUT2D eigenvalue weighted by Crippen LogP contribution is 2.06. The van der Waals surface area contributed by atoms with E-state index in [9.17, 15) is 14.4 Å². The molecule has 0 aromatic carbocycles. The highest BCUT2D eigenvalue weighted by molar-refractivity contribution is 7.07. The molecule has 0 aliphatic rings. The first-order valence-corrected chi connectivity index (χ1v) is 7.25. The third kappa shape index (κ3) is 4.48. The number of methoxy groups -OCH3 is 1. The maximum Gasteiger partial charge on any atom is 0.328 e. The lowest BCUT2D eigenvalue weighted by molar-refractivity contribution is -0.145. The van der Waals surface area contributed by atoms with Crippen molar-refractivity contribution in [3.8, 4) is 0 Å². The van der Waals surface area contributed by atoms with Crippen LogP contribution in [0.4, 0.5) is 0 Å². The predicted octanol–water partition coefficient (Wildman–Crippen LogP) is 0.922. The lowest BCUT2D eigenvalue weighted by atomic mass is 10.0. The normalized spacial score (nSPS) is 12.2. The highest BCUT2D eigenvalue weighted by Gasteiger charge is 2.23. The van der Waals surface area contributed by atoms with Crippen molar-refractivity contribution in [2.45, 2.75) is 39.8 Å². The van der Waals surface area contributed by atoms with E-state index in [0.29, 0.717) is 6.42 Å². The molecule has 0 saturated carbocycles. The summed E-state index contributed by atoms with van der Waals surface area (Å²) in [5, 5.41) is 4.32. The summed E-state index contributed by atoms with van der Waals surface area (Å²) in [7, 11) is 1.29. The quantitative estimate of drug-likeness (QED) is 0.793. The molecule has 112 valence electrons. The summed E-state index contributed by atoms with van der Waals surface area (Å²) in [6.07, 6.45) is 0.496. The van der Waals surface area contributed by atoms with Crippen molar-refractivity contribution in [3.05, 3.63) is 20.7 Å². The standard InChI is InChI=1S/C13H20N2O4S/c1-8(2)5-10(12(17)19-4)14-11(16)6-15-9(3)7-20-13(15)18/h7-8,10H,5-6H2,1-4H3,(H,14,16). The van der Waals surface area contributed by atoms with Crippen molar-refractivity contribution in [1.29, 1.82) is 0 Å². The maximum absolute atomic E-state index is 12.0. The van der Waals surface area contributed by atoms with Crippen LogP contribution in [-0.4, -0.2) is 29.6 Å². The van der Waals surface area contributed by atoms with Crippen LogP contribution in [-0.2, 0) is 20.9 Å². The minimum Gasteiger partial charge on any atom is -0.467 e. The first-order chi connectivity index (χ1) is 9.35. The molecule has 1 amide bonds. The summed E-state index contributed by atoms with van der Waals surface area (Å²) < 4.78 is 6.06. The van der Waals surface area contributed by atoms with E-state index < -0.39 is 12.0 Å². The fourth-order valence-corrected chi connectivity index (χ4v) is 2.54. The van der Waals surface area contributed by atoms with E-state index >= 15 is 0 Å². The zero-order chi connectivity index (χ0) is 15.3. The predicted molar refractivity (Wildman–Crippen MR) is 76.7 cm³/mol. The molecular weight excluding hydrogens is 280 g/mol. The molecule has 0 bridgehead atoms. The summed E-state index contributed by atoms with van der Waals surface area (Å²) in [5.74, 6) is -0.601. The smallest absolute Gasteiger partial charge is 0.328 e. The van der Waals surface area contributed by atoms with Crippen LogP contribution in [0, 0.1) is 12.8 Å². The third-order valence-electron chi connectivity index (χ3n) is 2.81. The van der Waals surface area contributed by atoms with Gasteiger partial charge in [0, 0.05) is 11.1 Å². The van der Waals surface area contributed by atoms with Crippen LogP contribution in [0.2, 0.25) is 0 Å². The second-order valence-corrected chi connectivity index (χ2v) is 5.82. The monoisotopic (exact) mass is 300 g/mol. The van der Waals surface area contributed by atoms with E-state index in [1.807, 2.05) is 13.8 Å². The van der Waals surface area contributed by atoms with Gasteiger partial charge in [-0.15, -0.1) is 0 Å². The molecule has 1 aromatic rings. The van der Waals surface area contributed by atoms with Crippen LogP contribution in [0.3, 0.4) is 0 Å². The van der Waals surface area contributed by atoms with Crippen LogP contribution < -0.4 is 10.2 Å². The zero-order valence-electron chi connectivity index (χ0n) is 12.1. The van der Waals surface area contributed by atoms with Gasteiger partial charge >= 0.3 is 10.8 Å². The van der Waals surface area contributed by atoms with Gasteiger partial charge in [0.05, 0.1) is 7.11 Å². The van der Waals surface area contributed by atoms with E-state index in [1.165, 1.54) is 11.7 Å². The average Bonchev–Trinajstić information content (AvgIpc) is 2.68.